The molecule has 0 heterocycles. The van der Waals surface area contributed by atoms with Gasteiger partial charge >= 0.3 is 11.9 Å². The molecule has 0 aromatic heterocycles. The Hall–Kier alpha value is -1.14. The van der Waals surface area contributed by atoms with Crippen molar-refractivity contribution in [1.82, 2.24) is 0 Å². The van der Waals surface area contributed by atoms with E-state index in [0.717, 1.165) is 38.5 Å². The van der Waals surface area contributed by atoms with E-state index in [4.69, 9.17) is 19.7 Å². The molecule has 0 aromatic rings. The number of hydrogen-bond acceptors (Lipinski definition) is 6. The normalized spacial score (nSPS) is 10.6. The Kier molecular flexibility index (Phi) is 17.3. The van der Waals surface area contributed by atoms with Gasteiger partial charge in [-0.25, -0.2) is 0 Å². The molecule has 0 aliphatic carbocycles. The molecule has 0 aliphatic heterocycles. The Morgan fingerprint density at radius 3 is 1.29 bits per heavy atom. The topological polar surface area (TPSA) is 93.1 Å². The summed E-state index contributed by atoms with van der Waals surface area (Å²) in [4.78, 5) is 22.6. The van der Waals surface area contributed by atoms with E-state index < -0.39 is 0 Å². The van der Waals surface area contributed by atoms with E-state index in [1.165, 1.54) is 0 Å². The van der Waals surface area contributed by atoms with Gasteiger partial charge in [0.05, 0.1) is 13.2 Å². The molecule has 6 heteroatoms. The van der Waals surface area contributed by atoms with Crippen molar-refractivity contribution in [3.05, 3.63) is 0 Å². The van der Waals surface area contributed by atoms with Crippen LogP contribution in [-0.2, 0) is 19.1 Å². The van der Waals surface area contributed by atoms with Gasteiger partial charge in [0.2, 0.25) is 0 Å². The lowest BCUT2D eigenvalue weighted by Crippen LogP contribution is -2.06. The van der Waals surface area contributed by atoms with Crippen LogP contribution >= 0.6 is 0 Å². The summed E-state index contributed by atoms with van der Waals surface area (Å²) < 4.78 is 10.2. The highest BCUT2D eigenvalue weighted by Crippen LogP contribution is 2.07. The SMILES string of the molecule is O=C(CCCCO)OCCCCCCCCOC(=O)CCCCO. The number of ether oxygens (including phenoxy) is 2. The molecular weight excluding hydrogens is 312 g/mol. The number of carbonyl (C=O) groups excluding carboxylic acids is 2. The first-order valence-corrected chi connectivity index (χ1v) is 9.23. The first kappa shape index (κ1) is 22.9. The highest BCUT2D eigenvalue weighted by molar-refractivity contribution is 5.69. The minimum absolute atomic E-state index is 0.121. The summed E-state index contributed by atoms with van der Waals surface area (Å²) in [6.45, 7) is 1.19. The van der Waals surface area contributed by atoms with Crippen molar-refractivity contribution >= 4 is 11.9 Å². The summed E-state index contributed by atoms with van der Waals surface area (Å²) in [7, 11) is 0. The van der Waals surface area contributed by atoms with Gasteiger partial charge in [-0.05, 0) is 38.5 Å². The number of unbranched alkanes of at least 4 members (excludes halogenated alkanes) is 7. The van der Waals surface area contributed by atoms with Gasteiger partial charge in [-0.15, -0.1) is 0 Å². The van der Waals surface area contributed by atoms with Crippen molar-refractivity contribution in [2.75, 3.05) is 26.4 Å². The van der Waals surface area contributed by atoms with Crippen LogP contribution in [0.3, 0.4) is 0 Å². The van der Waals surface area contributed by atoms with E-state index in [1.807, 2.05) is 0 Å². The van der Waals surface area contributed by atoms with Crippen molar-refractivity contribution in [2.24, 2.45) is 0 Å². The van der Waals surface area contributed by atoms with Gasteiger partial charge in [0, 0.05) is 26.1 Å². The van der Waals surface area contributed by atoms with Crippen molar-refractivity contribution in [2.45, 2.75) is 77.0 Å². The zero-order valence-electron chi connectivity index (χ0n) is 14.8. The quantitative estimate of drug-likeness (QED) is 0.311. The highest BCUT2D eigenvalue weighted by Gasteiger charge is 2.03. The predicted octanol–water partition coefficient (Wildman–Crippen LogP) is 2.74. The molecule has 6 nitrogen and oxygen atoms in total. The van der Waals surface area contributed by atoms with Crippen LogP contribution < -0.4 is 0 Å². The van der Waals surface area contributed by atoms with E-state index in [0.29, 0.717) is 51.7 Å². The first-order chi connectivity index (χ1) is 11.7. The fourth-order valence-electron chi connectivity index (χ4n) is 2.19. The van der Waals surface area contributed by atoms with Crippen LogP contribution in [0.25, 0.3) is 0 Å². The molecule has 0 saturated carbocycles. The summed E-state index contributed by atoms with van der Waals surface area (Å²) >= 11 is 0. The average molecular weight is 346 g/mol. The third-order valence-electron chi connectivity index (χ3n) is 3.64. The Morgan fingerprint density at radius 2 is 0.917 bits per heavy atom. The molecule has 0 unspecified atom stereocenters. The molecule has 0 fully saturated rings. The second-order valence-corrected chi connectivity index (χ2v) is 5.92. The number of aliphatic hydroxyl groups excluding tert-OH is 2. The zero-order chi connectivity index (χ0) is 17.9. The van der Waals surface area contributed by atoms with Gasteiger partial charge in [0.1, 0.15) is 0 Å². The van der Waals surface area contributed by atoms with Gasteiger partial charge in [-0.2, -0.15) is 0 Å². The van der Waals surface area contributed by atoms with Crippen molar-refractivity contribution < 1.29 is 29.3 Å². The molecule has 0 aromatic carbocycles. The third kappa shape index (κ3) is 17.2. The van der Waals surface area contributed by atoms with Crippen LogP contribution in [0, 0.1) is 0 Å². The molecule has 0 atom stereocenters. The molecule has 0 rings (SSSR count). The lowest BCUT2D eigenvalue weighted by molar-refractivity contribution is -0.144. The van der Waals surface area contributed by atoms with E-state index >= 15 is 0 Å². The Morgan fingerprint density at radius 1 is 0.542 bits per heavy atom. The number of rotatable bonds is 17. The third-order valence-corrected chi connectivity index (χ3v) is 3.64. The first-order valence-electron chi connectivity index (χ1n) is 9.23. The molecule has 0 aliphatic rings. The summed E-state index contributed by atoms with van der Waals surface area (Å²) in [5.41, 5.74) is 0. The average Bonchev–Trinajstić information content (AvgIpc) is 2.57. The number of hydrogen-bond donors (Lipinski definition) is 2. The fraction of sp³-hybridized carbons (Fsp3) is 0.889. The van der Waals surface area contributed by atoms with Crippen LogP contribution in [0.15, 0.2) is 0 Å². The Balaban J connectivity index is 3.20. The lowest BCUT2D eigenvalue weighted by Gasteiger charge is -2.06. The van der Waals surface area contributed by atoms with Gasteiger partial charge in [0.25, 0.3) is 0 Å². The molecule has 0 saturated heterocycles. The van der Waals surface area contributed by atoms with Crippen LogP contribution in [-0.4, -0.2) is 48.6 Å². The molecule has 142 valence electrons. The van der Waals surface area contributed by atoms with E-state index in [9.17, 15) is 9.59 Å². The van der Waals surface area contributed by atoms with Gasteiger partial charge in [0.15, 0.2) is 0 Å². The molecule has 2 N–H and O–H groups in total. The highest BCUT2D eigenvalue weighted by atomic mass is 16.5. The molecule has 0 bridgehead atoms. The molecule has 24 heavy (non-hydrogen) atoms. The number of aliphatic hydroxyl groups is 2. The van der Waals surface area contributed by atoms with Crippen molar-refractivity contribution in [3.63, 3.8) is 0 Å². The van der Waals surface area contributed by atoms with Gasteiger partial charge < -0.3 is 19.7 Å². The predicted molar refractivity (Wildman–Crippen MR) is 91.5 cm³/mol. The lowest BCUT2D eigenvalue weighted by atomic mass is 10.1. The summed E-state index contributed by atoms with van der Waals surface area (Å²) in [6.07, 6.45) is 9.44. The zero-order valence-corrected chi connectivity index (χ0v) is 14.8. The molecule has 0 amide bonds. The maximum absolute atomic E-state index is 11.3. The number of carbonyl (C=O) groups is 2. The van der Waals surface area contributed by atoms with Gasteiger partial charge in [-0.3, -0.25) is 9.59 Å². The maximum atomic E-state index is 11.3. The standard InChI is InChI=1S/C18H34O6/c19-13-7-5-11-17(21)23-15-9-3-1-2-4-10-16-24-18(22)12-6-8-14-20/h19-20H,1-16H2. The number of esters is 2. The second kappa shape index (κ2) is 18.2. The molecule has 0 spiro atoms. The Bertz CT molecular complexity index is 276. The molecule has 0 radical (unpaired) electrons. The van der Waals surface area contributed by atoms with Crippen LogP contribution in [0.4, 0.5) is 0 Å². The Labute approximate surface area is 145 Å². The largest absolute Gasteiger partial charge is 0.466 e. The van der Waals surface area contributed by atoms with Crippen LogP contribution in [0.1, 0.15) is 77.0 Å². The van der Waals surface area contributed by atoms with E-state index in [2.05, 4.69) is 0 Å². The summed E-state index contributed by atoms with van der Waals surface area (Å²) in [5, 5.41) is 17.2. The van der Waals surface area contributed by atoms with E-state index in [1.54, 1.807) is 0 Å². The summed E-state index contributed by atoms with van der Waals surface area (Å²) in [6, 6.07) is 0. The van der Waals surface area contributed by atoms with Crippen molar-refractivity contribution in [3.8, 4) is 0 Å². The maximum Gasteiger partial charge on any atom is 0.305 e. The van der Waals surface area contributed by atoms with Gasteiger partial charge in [-0.1, -0.05) is 25.7 Å². The second-order valence-electron chi connectivity index (χ2n) is 5.92. The smallest absolute Gasteiger partial charge is 0.305 e. The monoisotopic (exact) mass is 346 g/mol. The van der Waals surface area contributed by atoms with E-state index in [-0.39, 0.29) is 25.2 Å². The summed E-state index contributed by atoms with van der Waals surface area (Å²) in [5.74, 6) is -0.353. The van der Waals surface area contributed by atoms with Crippen molar-refractivity contribution in [1.29, 1.82) is 0 Å². The molecular formula is C18H34O6. The minimum Gasteiger partial charge on any atom is -0.466 e. The van der Waals surface area contributed by atoms with Crippen LogP contribution in [0.5, 0.6) is 0 Å². The van der Waals surface area contributed by atoms with Crippen LogP contribution in [0.2, 0.25) is 0 Å². The fourth-order valence-corrected chi connectivity index (χ4v) is 2.19. The minimum atomic E-state index is -0.177.